The second kappa shape index (κ2) is 11.9. The van der Waals surface area contributed by atoms with Crippen molar-refractivity contribution in [2.75, 3.05) is 14.1 Å². The van der Waals surface area contributed by atoms with Crippen LogP contribution in [0.4, 0.5) is 4.79 Å². The fraction of sp³-hybridized carbons (Fsp3) is 0.312. The maximum absolute atomic E-state index is 13.2. The Balaban J connectivity index is 1.47. The van der Waals surface area contributed by atoms with Gasteiger partial charge in [0.25, 0.3) is 5.91 Å². The zero-order chi connectivity index (χ0) is 29.1. The summed E-state index contributed by atoms with van der Waals surface area (Å²) in [6.07, 6.45) is 7.12. The van der Waals surface area contributed by atoms with E-state index in [0.29, 0.717) is 16.8 Å². The molecule has 2 aromatic carbocycles. The first-order chi connectivity index (χ1) is 19.6. The molecule has 9 heteroatoms. The van der Waals surface area contributed by atoms with Crippen molar-refractivity contribution >= 4 is 46.8 Å². The van der Waals surface area contributed by atoms with Gasteiger partial charge >= 0.3 is 6.09 Å². The van der Waals surface area contributed by atoms with E-state index in [0.717, 1.165) is 45.8 Å². The summed E-state index contributed by atoms with van der Waals surface area (Å²) in [5.41, 5.74) is 3.13. The Morgan fingerprint density at radius 3 is 2.56 bits per heavy atom. The molecule has 8 nitrogen and oxygen atoms in total. The number of hydrogen-bond acceptors (Lipinski definition) is 7. The Labute approximate surface area is 244 Å². The molecule has 5 rings (SSSR count). The van der Waals surface area contributed by atoms with Crippen molar-refractivity contribution in [2.45, 2.75) is 61.6 Å². The molecule has 0 bridgehead atoms. The topological polar surface area (TPSA) is 89.4 Å². The number of carbonyl (C=O) groups is 2. The summed E-state index contributed by atoms with van der Waals surface area (Å²) in [6.45, 7) is 6.30. The van der Waals surface area contributed by atoms with Crippen LogP contribution in [-0.4, -0.2) is 57.4 Å². The molecule has 41 heavy (non-hydrogen) atoms. The van der Waals surface area contributed by atoms with E-state index in [4.69, 9.17) is 4.74 Å². The van der Waals surface area contributed by atoms with Crippen LogP contribution in [0.2, 0.25) is 0 Å². The second-order valence-electron chi connectivity index (χ2n) is 11.5. The number of nitrogens with one attached hydrogen (secondary N) is 1. The predicted octanol–water partition coefficient (Wildman–Crippen LogP) is 6.49. The number of hydrogen-bond donors (Lipinski definition) is 1. The van der Waals surface area contributed by atoms with Crippen LogP contribution in [0, 0.1) is 0 Å². The number of fused-ring (bicyclic) bond motifs is 1. The van der Waals surface area contributed by atoms with E-state index in [9.17, 15) is 9.59 Å². The lowest BCUT2D eigenvalue weighted by molar-refractivity contribution is 0.0522. The third-order valence-corrected chi connectivity index (χ3v) is 7.34. The largest absolute Gasteiger partial charge is 0.442 e. The van der Waals surface area contributed by atoms with Gasteiger partial charge in [0.1, 0.15) is 5.60 Å². The molecule has 4 aromatic rings. The Kier molecular flexibility index (Phi) is 8.28. The SMILES string of the molecule is CN(C)Cc1ccc(/C=C/c2nn(C(=O)OC(C)(C)C)c3cc(Sc4ccccc4C(=O)NC4CC4)ccc23)nc1. The van der Waals surface area contributed by atoms with Gasteiger partial charge in [-0.25, -0.2) is 4.79 Å². The summed E-state index contributed by atoms with van der Waals surface area (Å²) in [5, 5.41) is 8.50. The monoisotopic (exact) mass is 569 g/mol. The number of ether oxygens (including phenoxy) is 1. The van der Waals surface area contributed by atoms with Gasteiger partial charge in [-0.2, -0.15) is 9.78 Å². The molecule has 0 saturated heterocycles. The van der Waals surface area contributed by atoms with E-state index in [2.05, 4.69) is 26.4 Å². The number of pyridine rings is 1. The summed E-state index contributed by atoms with van der Waals surface area (Å²) in [6, 6.07) is 17.7. The van der Waals surface area contributed by atoms with Gasteiger partial charge in [0.15, 0.2) is 0 Å². The Bertz CT molecular complexity index is 1600. The highest BCUT2D eigenvalue weighted by Gasteiger charge is 2.25. The van der Waals surface area contributed by atoms with E-state index in [1.165, 1.54) is 16.4 Å². The van der Waals surface area contributed by atoms with Gasteiger partial charge in [-0.1, -0.05) is 30.0 Å². The lowest BCUT2D eigenvalue weighted by Gasteiger charge is -2.19. The van der Waals surface area contributed by atoms with Crippen LogP contribution >= 0.6 is 11.8 Å². The summed E-state index contributed by atoms with van der Waals surface area (Å²) in [7, 11) is 4.04. The van der Waals surface area contributed by atoms with Crippen LogP contribution in [0.5, 0.6) is 0 Å². The Morgan fingerprint density at radius 1 is 1.10 bits per heavy atom. The highest BCUT2D eigenvalue weighted by Crippen LogP contribution is 2.34. The first-order valence-corrected chi connectivity index (χ1v) is 14.5. The molecule has 1 saturated carbocycles. The average Bonchev–Trinajstić information content (AvgIpc) is 3.65. The normalized spacial score (nSPS) is 13.7. The third-order valence-electron chi connectivity index (χ3n) is 6.28. The van der Waals surface area contributed by atoms with E-state index in [-0.39, 0.29) is 11.9 Å². The van der Waals surface area contributed by atoms with Crippen molar-refractivity contribution in [1.29, 1.82) is 0 Å². The molecule has 2 aromatic heterocycles. The lowest BCUT2D eigenvalue weighted by atomic mass is 10.2. The van der Waals surface area contributed by atoms with E-state index in [1.54, 1.807) is 0 Å². The predicted molar refractivity (Wildman–Crippen MR) is 163 cm³/mol. The molecule has 2 heterocycles. The van der Waals surface area contributed by atoms with Crippen molar-refractivity contribution in [1.82, 2.24) is 25.0 Å². The first-order valence-electron chi connectivity index (χ1n) is 13.7. The van der Waals surface area contributed by atoms with Crippen LogP contribution in [0.15, 0.2) is 70.6 Å². The van der Waals surface area contributed by atoms with Crippen LogP contribution in [0.3, 0.4) is 0 Å². The van der Waals surface area contributed by atoms with Crippen LogP contribution in [0.1, 0.15) is 60.9 Å². The third kappa shape index (κ3) is 7.42. The molecule has 1 fully saturated rings. The van der Waals surface area contributed by atoms with E-state index >= 15 is 0 Å². The quantitative estimate of drug-likeness (QED) is 0.259. The molecule has 212 valence electrons. The standard InChI is InChI=1S/C32H35N5O3S/c1-32(2,3)40-31(39)37-28-18-24(41-29-9-7-6-8-26(29)30(38)34-23-12-13-23)15-16-25(28)27(35-37)17-14-22-11-10-21(19-33-22)20-36(4)5/h6-11,14-19,23H,12-13,20H2,1-5H3,(H,34,38)/b17-14+. The van der Waals surface area contributed by atoms with Gasteiger partial charge in [0.2, 0.25) is 0 Å². The van der Waals surface area contributed by atoms with Crippen molar-refractivity contribution < 1.29 is 14.3 Å². The summed E-state index contributed by atoms with van der Waals surface area (Å²) in [4.78, 5) is 34.4. The number of nitrogens with zero attached hydrogens (tertiary/aromatic N) is 4. The molecule has 0 unspecified atom stereocenters. The fourth-order valence-electron chi connectivity index (χ4n) is 4.27. The zero-order valence-electron chi connectivity index (χ0n) is 24.0. The molecule has 1 N–H and O–H groups in total. The minimum Gasteiger partial charge on any atom is -0.442 e. The van der Waals surface area contributed by atoms with Crippen molar-refractivity contribution in [3.63, 3.8) is 0 Å². The number of amides is 1. The molecule has 0 aliphatic heterocycles. The highest BCUT2D eigenvalue weighted by molar-refractivity contribution is 7.99. The summed E-state index contributed by atoms with van der Waals surface area (Å²) < 4.78 is 6.97. The van der Waals surface area contributed by atoms with Crippen molar-refractivity contribution in [3.8, 4) is 0 Å². The summed E-state index contributed by atoms with van der Waals surface area (Å²) >= 11 is 1.48. The van der Waals surface area contributed by atoms with Gasteiger partial charge in [-0.3, -0.25) is 9.78 Å². The average molecular weight is 570 g/mol. The fourth-order valence-corrected chi connectivity index (χ4v) is 5.25. The highest BCUT2D eigenvalue weighted by atomic mass is 32.2. The molecule has 1 amide bonds. The van der Waals surface area contributed by atoms with Crippen LogP contribution in [0.25, 0.3) is 23.1 Å². The molecular formula is C32H35N5O3S. The molecule has 0 radical (unpaired) electrons. The molecule has 0 spiro atoms. The summed E-state index contributed by atoms with van der Waals surface area (Å²) in [5.74, 6) is -0.0637. The van der Waals surface area contributed by atoms with Gasteiger partial charge in [0.05, 0.1) is 22.5 Å². The number of aromatic nitrogens is 3. The number of carbonyl (C=O) groups excluding carboxylic acids is 2. The maximum Gasteiger partial charge on any atom is 0.435 e. The van der Waals surface area contributed by atoms with Crippen molar-refractivity contribution in [2.24, 2.45) is 0 Å². The zero-order valence-corrected chi connectivity index (χ0v) is 24.9. The van der Waals surface area contributed by atoms with E-state index < -0.39 is 11.7 Å². The lowest BCUT2D eigenvalue weighted by Crippen LogP contribution is -2.27. The number of benzene rings is 2. The Hall–Kier alpha value is -3.95. The van der Waals surface area contributed by atoms with Gasteiger partial charge in [0, 0.05) is 34.0 Å². The van der Waals surface area contributed by atoms with Crippen LogP contribution in [-0.2, 0) is 11.3 Å². The Morgan fingerprint density at radius 2 is 1.88 bits per heavy atom. The van der Waals surface area contributed by atoms with Gasteiger partial charge in [-0.05, 0) is 102 Å². The van der Waals surface area contributed by atoms with Gasteiger partial charge < -0.3 is 15.0 Å². The van der Waals surface area contributed by atoms with Gasteiger partial charge in [-0.15, -0.1) is 0 Å². The molecule has 0 atom stereocenters. The minimum atomic E-state index is -0.677. The maximum atomic E-state index is 13.2. The molecule has 1 aliphatic carbocycles. The second-order valence-corrected chi connectivity index (χ2v) is 12.6. The molecule has 1 aliphatic rings. The van der Waals surface area contributed by atoms with Crippen LogP contribution < -0.4 is 5.32 Å². The minimum absolute atomic E-state index is 0.0637. The van der Waals surface area contributed by atoms with Crippen molar-refractivity contribution in [3.05, 3.63) is 83.3 Å². The first kappa shape index (κ1) is 28.6. The molecular weight excluding hydrogens is 534 g/mol. The van der Waals surface area contributed by atoms with E-state index in [1.807, 2.05) is 102 Å². The smallest absolute Gasteiger partial charge is 0.435 e. The number of rotatable bonds is 8.